The Kier molecular flexibility index (Phi) is 2.63. The molecule has 0 saturated carbocycles. The van der Waals surface area contributed by atoms with E-state index in [1.165, 1.54) is 11.2 Å². The molecule has 0 bridgehead atoms. The van der Waals surface area contributed by atoms with Gasteiger partial charge in [0.2, 0.25) is 0 Å². The molecule has 5 nitrogen and oxygen atoms in total. The number of para-hydroxylation sites is 1. The van der Waals surface area contributed by atoms with Crippen LogP contribution in [0, 0.1) is 6.92 Å². The Hall–Kier alpha value is -2.95. The van der Waals surface area contributed by atoms with Gasteiger partial charge in [-0.05, 0) is 25.1 Å². The number of rotatable bonds is 2. The smallest absolute Gasteiger partial charge is 0.263 e. The summed E-state index contributed by atoms with van der Waals surface area (Å²) in [5, 5.41) is 0.711. The molecule has 0 atom stereocenters. The SMILES string of the molecule is Cc1nc2ccccc2c2c1C(=O)N(Cc1ccco1)C2=O. The minimum atomic E-state index is -0.313. The van der Waals surface area contributed by atoms with E-state index in [0.29, 0.717) is 28.0 Å². The van der Waals surface area contributed by atoms with Crippen molar-refractivity contribution in [2.75, 3.05) is 0 Å². The van der Waals surface area contributed by atoms with Crippen LogP contribution >= 0.6 is 0 Å². The molecule has 3 aromatic rings. The van der Waals surface area contributed by atoms with E-state index in [-0.39, 0.29) is 18.4 Å². The van der Waals surface area contributed by atoms with E-state index in [1.807, 2.05) is 24.3 Å². The number of aryl methyl sites for hydroxylation is 1. The molecule has 0 N–H and O–H groups in total. The Labute approximate surface area is 126 Å². The number of carbonyl (C=O) groups is 2. The molecular weight excluding hydrogens is 280 g/mol. The lowest BCUT2D eigenvalue weighted by Crippen LogP contribution is -2.29. The average molecular weight is 292 g/mol. The van der Waals surface area contributed by atoms with Crippen LogP contribution < -0.4 is 0 Å². The van der Waals surface area contributed by atoms with Crippen LogP contribution in [0.15, 0.2) is 47.1 Å². The Morgan fingerprint density at radius 1 is 1.05 bits per heavy atom. The zero-order valence-electron chi connectivity index (χ0n) is 11.9. The lowest BCUT2D eigenvalue weighted by molar-refractivity contribution is 0.0632. The molecule has 0 saturated heterocycles. The number of aromatic nitrogens is 1. The topological polar surface area (TPSA) is 63.4 Å². The summed E-state index contributed by atoms with van der Waals surface area (Å²) in [6, 6.07) is 10.8. The van der Waals surface area contributed by atoms with Gasteiger partial charge < -0.3 is 4.42 Å². The number of amides is 2. The maximum Gasteiger partial charge on any atom is 0.263 e. The molecule has 1 aliphatic heterocycles. The molecule has 5 heteroatoms. The molecule has 3 heterocycles. The van der Waals surface area contributed by atoms with Gasteiger partial charge in [0.1, 0.15) is 5.76 Å². The number of imide groups is 1. The maximum absolute atomic E-state index is 12.7. The first kappa shape index (κ1) is 12.8. The Morgan fingerprint density at radius 3 is 2.59 bits per heavy atom. The van der Waals surface area contributed by atoms with Crippen LogP contribution in [-0.4, -0.2) is 21.7 Å². The Bertz CT molecular complexity index is 913. The van der Waals surface area contributed by atoms with E-state index in [1.54, 1.807) is 19.1 Å². The molecular formula is C17H12N2O3. The van der Waals surface area contributed by atoms with Gasteiger partial charge in [0.05, 0.1) is 35.1 Å². The number of hydrogen-bond donors (Lipinski definition) is 0. The standard InChI is InChI=1S/C17H12N2O3/c1-10-14-15(12-6-2-3-7-13(12)18-10)17(21)19(16(14)20)9-11-5-4-8-22-11/h2-8H,9H2,1H3. The minimum absolute atomic E-state index is 0.132. The third-order valence-corrected chi connectivity index (χ3v) is 3.89. The first-order valence-corrected chi connectivity index (χ1v) is 6.94. The molecule has 2 amide bonds. The van der Waals surface area contributed by atoms with Gasteiger partial charge in [0, 0.05) is 5.39 Å². The molecule has 0 radical (unpaired) electrons. The number of nitrogens with zero attached hydrogens (tertiary/aromatic N) is 2. The molecule has 1 aliphatic rings. The van der Waals surface area contributed by atoms with Crippen molar-refractivity contribution in [3.8, 4) is 0 Å². The third kappa shape index (κ3) is 1.69. The van der Waals surface area contributed by atoms with Gasteiger partial charge in [-0.2, -0.15) is 0 Å². The van der Waals surface area contributed by atoms with E-state index < -0.39 is 0 Å². The van der Waals surface area contributed by atoms with Crippen LogP contribution in [0.3, 0.4) is 0 Å². The van der Waals surface area contributed by atoms with Crippen LogP contribution in [0.25, 0.3) is 10.9 Å². The molecule has 22 heavy (non-hydrogen) atoms. The Balaban J connectivity index is 1.89. The summed E-state index contributed by atoms with van der Waals surface area (Å²) in [6.07, 6.45) is 1.52. The van der Waals surface area contributed by atoms with Gasteiger partial charge in [-0.25, -0.2) is 0 Å². The van der Waals surface area contributed by atoms with Gasteiger partial charge >= 0.3 is 0 Å². The van der Waals surface area contributed by atoms with Crippen molar-refractivity contribution in [3.05, 3.63) is 65.2 Å². The van der Waals surface area contributed by atoms with Gasteiger partial charge in [-0.3, -0.25) is 19.5 Å². The van der Waals surface area contributed by atoms with E-state index >= 15 is 0 Å². The molecule has 0 unspecified atom stereocenters. The minimum Gasteiger partial charge on any atom is -0.467 e. The fraction of sp³-hybridized carbons (Fsp3) is 0.118. The van der Waals surface area contributed by atoms with E-state index in [9.17, 15) is 9.59 Å². The summed E-state index contributed by atoms with van der Waals surface area (Å²) in [7, 11) is 0. The van der Waals surface area contributed by atoms with E-state index in [2.05, 4.69) is 4.98 Å². The number of benzene rings is 1. The van der Waals surface area contributed by atoms with Crippen molar-refractivity contribution in [2.45, 2.75) is 13.5 Å². The number of fused-ring (bicyclic) bond motifs is 3. The highest BCUT2D eigenvalue weighted by atomic mass is 16.3. The van der Waals surface area contributed by atoms with Crippen molar-refractivity contribution in [2.24, 2.45) is 0 Å². The number of hydrogen-bond acceptors (Lipinski definition) is 4. The summed E-state index contributed by atoms with van der Waals surface area (Å²) < 4.78 is 5.25. The predicted octanol–water partition coefficient (Wildman–Crippen LogP) is 2.93. The van der Waals surface area contributed by atoms with Gasteiger partial charge in [0.25, 0.3) is 11.8 Å². The normalized spacial score (nSPS) is 14.0. The fourth-order valence-corrected chi connectivity index (χ4v) is 2.88. The molecule has 0 fully saturated rings. The van der Waals surface area contributed by atoms with Crippen molar-refractivity contribution >= 4 is 22.7 Å². The van der Waals surface area contributed by atoms with Crippen molar-refractivity contribution in [1.82, 2.24) is 9.88 Å². The summed E-state index contributed by atoms with van der Waals surface area (Å²) in [5.41, 5.74) is 2.14. The second-order valence-electron chi connectivity index (χ2n) is 5.24. The molecule has 2 aromatic heterocycles. The summed E-state index contributed by atoms with van der Waals surface area (Å²) in [4.78, 5) is 31.0. The van der Waals surface area contributed by atoms with Crippen LogP contribution in [0.1, 0.15) is 32.2 Å². The van der Waals surface area contributed by atoms with Crippen LogP contribution in [0.5, 0.6) is 0 Å². The maximum atomic E-state index is 12.7. The van der Waals surface area contributed by atoms with Gasteiger partial charge in [0.15, 0.2) is 0 Å². The molecule has 108 valence electrons. The van der Waals surface area contributed by atoms with Crippen molar-refractivity contribution in [3.63, 3.8) is 0 Å². The fourth-order valence-electron chi connectivity index (χ4n) is 2.88. The van der Waals surface area contributed by atoms with Crippen LogP contribution in [-0.2, 0) is 6.54 Å². The monoisotopic (exact) mass is 292 g/mol. The number of pyridine rings is 1. The predicted molar refractivity (Wildman–Crippen MR) is 79.4 cm³/mol. The summed E-state index contributed by atoms with van der Waals surface area (Å²) >= 11 is 0. The highest BCUT2D eigenvalue weighted by Gasteiger charge is 2.39. The quantitative estimate of drug-likeness (QED) is 0.681. The van der Waals surface area contributed by atoms with E-state index in [4.69, 9.17) is 4.42 Å². The zero-order valence-corrected chi connectivity index (χ0v) is 11.9. The molecule has 0 spiro atoms. The van der Waals surface area contributed by atoms with Crippen molar-refractivity contribution < 1.29 is 14.0 Å². The molecule has 1 aromatic carbocycles. The first-order valence-electron chi connectivity index (χ1n) is 6.94. The lowest BCUT2D eigenvalue weighted by atomic mass is 10.0. The van der Waals surface area contributed by atoms with Gasteiger partial charge in [-0.1, -0.05) is 18.2 Å². The second kappa shape index (κ2) is 4.53. The largest absolute Gasteiger partial charge is 0.467 e. The van der Waals surface area contributed by atoms with Gasteiger partial charge in [-0.15, -0.1) is 0 Å². The highest BCUT2D eigenvalue weighted by molar-refractivity contribution is 6.26. The van der Waals surface area contributed by atoms with Crippen LogP contribution in [0.2, 0.25) is 0 Å². The first-order chi connectivity index (χ1) is 10.7. The van der Waals surface area contributed by atoms with Crippen molar-refractivity contribution in [1.29, 1.82) is 0 Å². The second-order valence-corrected chi connectivity index (χ2v) is 5.24. The Morgan fingerprint density at radius 2 is 1.82 bits per heavy atom. The molecule has 4 rings (SSSR count). The third-order valence-electron chi connectivity index (χ3n) is 3.89. The lowest BCUT2D eigenvalue weighted by Gasteiger charge is -2.11. The summed E-state index contributed by atoms with van der Waals surface area (Å²) in [5.74, 6) is -0.0327. The molecule has 0 aliphatic carbocycles. The van der Waals surface area contributed by atoms with Crippen LogP contribution in [0.4, 0.5) is 0 Å². The highest BCUT2D eigenvalue weighted by Crippen LogP contribution is 2.32. The van der Waals surface area contributed by atoms with E-state index in [0.717, 1.165) is 5.52 Å². The zero-order chi connectivity index (χ0) is 15.3. The average Bonchev–Trinajstić information content (AvgIpc) is 3.10. The number of furan rings is 1. The summed E-state index contributed by atoms with van der Waals surface area (Å²) in [6.45, 7) is 1.89. The number of carbonyl (C=O) groups excluding carboxylic acids is 2.